The highest BCUT2D eigenvalue weighted by Crippen LogP contribution is 2.38. The van der Waals surface area contributed by atoms with E-state index in [2.05, 4.69) is 9.97 Å². The molecule has 0 radical (unpaired) electrons. The van der Waals surface area contributed by atoms with Crippen LogP contribution in [0.1, 0.15) is 27.7 Å². The van der Waals surface area contributed by atoms with Crippen molar-refractivity contribution in [3.8, 4) is 23.2 Å². The molecule has 1 aromatic carbocycles. The van der Waals surface area contributed by atoms with Crippen LogP contribution in [-0.2, 0) is 11.2 Å². The number of carbonyl (C=O) groups excluding carboxylic acids is 1. The van der Waals surface area contributed by atoms with Crippen molar-refractivity contribution in [1.82, 2.24) is 9.97 Å². The predicted octanol–water partition coefficient (Wildman–Crippen LogP) is 3.21. The van der Waals surface area contributed by atoms with Crippen LogP contribution in [0.15, 0.2) is 47.1 Å². The second-order valence-electron chi connectivity index (χ2n) is 5.74. The van der Waals surface area contributed by atoms with E-state index in [1.165, 1.54) is 13.4 Å². The van der Waals surface area contributed by atoms with Crippen LogP contribution in [0, 0.1) is 0 Å². The first-order valence-electron chi connectivity index (χ1n) is 8.03. The van der Waals surface area contributed by atoms with E-state index in [0.717, 1.165) is 11.3 Å². The van der Waals surface area contributed by atoms with E-state index >= 15 is 0 Å². The number of benzene rings is 1. The fraction of sp³-hybridized carbons (Fsp3) is 0.211. The van der Waals surface area contributed by atoms with Crippen molar-refractivity contribution in [1.29, 1.82) is 0 Å². The molecule has 1 atom stereocenters. The zero-order valence-corrected chi connectivity index (χ0v) is 14.3. The van der Waals surface area contributed by atoms with Crippen molar-refractivity contribution in [3.05, 3.63) is 59.5 Å². The molecular weight excluding hydrogens is 336 g/mol. The Kier molecular flexibility index (Phi) is 4.04. The van der Waals surface area contributed by atoms with Gasteiger partial charge in [0.2, 0.25) is 0 Å². The Balaban J connectivity index is 1.74. The Labute approximate surface area is 149 Å². The molecule has 0 saturated carbocycles. The molecule has 3 aromatic rings. The number of fused-ring (bicyclic) bond motifs is 1. The molecule has 0 N–H and O–H groups in total. The van der Waals surface area contributed by atoms with Gasteiger partial charge in [-0.05, 0) is 29.8 Å². The molecule has 2 aromatic heterocycles. The lowest BCUT2D eigenvalue weighted by Gasteiger charge is -2.11. The third-order valence-corrected chi connectivity index (χ3v) is 4.19. The first-order valence-corrected chi connectivity index (χ1v) is 8.03. The molecule has 0 amide bonds. The van der Waals surface area contributed by atoms with Crippen molar-refractivity contribution >= 4 is 5.97 Å². The largest absolute Gasteiger partial charge is 0.497 e. The fourth-order valence-electron chi connectivity index (χ4n) is 2.93. The molecule has 3 heterocycles. The second kappa shape index (κ2) is 6.51. The molecule has 7 heteroatoms. The third kappa shape index (κ3) is 2.77. The summed E-state index contributed by atoms with van der Waals surface area (Å²) in [5.41, 5.74) is 2.19. The summed E-state index contributed by atoms with van der Waals surface area (Å²) in [5.74, 6) is 0.762. The van der Waals surface area contributed by atoms with Gasteiger partial charge in [0.05, 0.1) is 20.5 Å². The average Bonchev–Trinajstić information content (AvgIpc) is 3.31. The second-order valence-corrected chi connectivity index (χ2v) is 5.74. The summed E-state index contributed by atoms with van der Waals surface area (Å²) < 4.78 is 21.3. The molecule has 0 saturated heterocycles. The smallest absolute Gasteiger partial charge is 0.343 e. The van der Waals surface area contributed by atoms with E-state index in [1.54, 1.807) is 19.2 Å². The number of methoxy groups -OCH3 is 2. The maximum absolute atomic E-state index is 12.5. The van der Waals surface area contributed by atoms with Crippen molar-refractivity contribution in [2.45, 2.75) is 12.5 Å². The van der Waals surface area contributed by atoms with Crippen molar-refractivity contribution in [2.24, 2.45) is 0 Å². The highest BCUT2D eigenvalue weighted by molar-refractivity contribution is 5.99. The van der Waals surface area contributed by atoms with Gasteiger partial charge in [0, 0.05) is 6.42 Å². The quantitative estimate of drug-likeness (QED) is 0.652. The maximum atomic E-state index is 12.5. The molecular formula is C19H16N2O5. The number of nitrogens with zero attached hydrogens (tertiary/aromatic N) is 2. The minimum Gasteiger partial charge on any atom is -0.497 e. The number of aromatic nitrogens is 2. The van der Waals surface area contributed by atoms with Crippen molar-refractivity contribution in [2.75, 3.05) is 14.2 Å². The van der Waals surface area contributed by atoms with Crippen LogP contribution in [-0.4, -0.2) is 30.2 Å². The van der Waals surface area contributed by atoms with Gasteiger partial charge in [-0.15, -0.1) is 0 Å². The Hall–Kier alpha value is -3.35. The molecule has 4 rings (SSSR count). The van der Waals surface area contributed by atoms with Crippen LogP contribution < -0.4 is 9.47 Å². The molecule has 7 nitrogen and oxygen atoms in total. The standard InChI is InChI=1S/C19H16N2O5/c1-23-12-7-5-11(6-8-12)10-14-17-15(18(22)26-14)16(13-4-3-9-25-13)20-19(21-17)24-2/h3-9,14H,10H2,1-2H3. The fourth-order valence-corrected chi connectivity index (χ4v) is 2.93. The molecule has 0 spiro atoms. The number of esters is 1. The molecule has 0 fully saturated rings. The number of ether oxygens (including phenoxy) is 3. The summed E-state index contributed by atoms with van der Waals surface area (Å²) in [6, 6.07) is 11.2. The number of hydrogen-bond acceptors (Lipinski definition) is 7. The Morgan fingerprint density at radius 3 is 2.54 bits per heavy atom. The Morgan fingerprint density at radius 2 is 1.88 bits per heavy atom. The normalized spacial score (nSPS) is 15.5. The predicted molar refractivity (Wildman–Crippen MR) is 91.1 cm³/mol. The van der Waals surface area contributed by atoms with Gasteiger partial charge in [0.15, 0.2) is 5.76 Å². The highest BCUT2D eigenvalue weighted by Gasteiger charge is 2.37. The first kappa shape index (κ1) is 16.1. The summed E-state index contributed by atoms with van der Waals surface area (Å²) >= 11 is 0. The minimum absolute atomic E-state index is 0.160. The van der Waals surface area contributed by atoms with Gasteiger partial charge in [0.25, 0.3) is 0 Å². The maximum Gasteiger partial charge on any atom is 0.343 e. The van der Waals surface area contributed by atoms with E-state index in [4.69, 9.17) is 18.6 Å². The van der Waals surface area contributed by atoms with Gasteiger partial charge >= 0.3 is 12.0 Å². The van der Waals surface area contributed by atoms with E-state index in [0.29, 0.717) is 29.1 Å². The topological polar surface area (TPSA) is 83.7 Å². The van der Waals surface area contributed by atoms with Crippen LogP contribution >= 0.6 is 0 Å². The summed E-state index contributed by atoms with van der Waals surface area (Å²) in [5, 5.41) is 0. The van der Waals surface area contributed by atoms with Gasteiger partial charge in [-0.2, -0.15) is 9.97 Å². The van der Waals surface area contributed by atoms with Crippen LogP contribution in [0.3, 0.4) is 0 Å². The SMILES string of the molecule is COc1ccc(CC2OC(=O)c3c(-c4ccco4)nc(OC)nc32)cc1. The van der Waals surface area contributed by atoms with Gasteiger partial charge in [-0.1, -0.05) is 12.1 Å². The Morgan fingerprint density at radius 1 is 1.08 bits per heavy atom. The van der Waals surface area contributed by atoms with Crippen LogP contribution in [0.2, 0.25) is 0 Å². The first-order chi connectivity index (χ1) is 12.7. The van der Waals surface area contributed by atoms with Crippen LogP contribution in [0.5, 0.6) is 11.8 Å². The van der Waals surface area contributed by atoms with E-state index in [-0.39, 0.29) is 6.01 Å². The van der Waals surface area contributed by atoms with Crippen LogP contribution in [0.4, 0.5) is 0 Å². The Bertz CT molecular complexity index is 935. The van der Waals surface area contributed by atoms with Crippen molar-refractivity contribution in [3.63, 3.8) is 0 Å². The average molecular weight is 352 g/mol. The van der Waals surface area contributed by atoms with Gasteiger partial charge in [-0.25, -0.2) is 4.79 Å². The molecule has 1 unspecified atom stereocenters. The number of furan rings is 1. The summed E-state index contributed by atoms with van der Waals surface area (Å²) in [4.78, 5) is 21.1. The monoisotopic (exact) mass is 352 g/mol. The number of carbonyl (C=O) groups is 1. The van der Waals surface area contributed by atoms with E-state index < -0.39 is 12.1 Å². The van der Waals surface area contributed by atoms with E-state index in [9.17, 15) is 4.79 Å². The molecule has 0 bridgehead atoms. The van der Waals surface area contributed by atoms with Crippen molar-refractivity contribution < 1.29 is 23.4 Å². The van der Waals surface area contributed by atoms with Crippen LogP contribution in [0.25, 0.3) is 11.5 Å². The zero-order chi connectivity index (χ0) is 18.1. The van der Waals surface area contributed by atoms with E-state index in [1.807, 2.05) is 24.3 Å². The molecule has 26 heavy (non-hydrogen) atoms. The van der Waals surface area contributed by atoms with Gasteiger partial charge in [0.1, 0.15) is 28.8 Å². The molecule has 0 aliphatic carbocycles. The number of hydrogen-bond donors (Lipinski definition) is 0. The minimum atomic E-state index is -0.517. The number of rotatable bonds is 5. The number of cyclic esters (lactones) is 1. The van der Waals surface area contributed by atoms with Gasteiger partial charge < -0.3 is 18.6 Å². The summed E-state index contributed by atoms with van der Waals surface area (Å²) in [6.07, 6.45) is 1.49. The highest BCUT2D eigenvalue weighted by atomic mass is 16.6. The zero-order valence-electron chi connectivity index (χ0n) is 14.3. The lowest BCUT2D eigenvalue weighted by molar-refractivity contribution is 0.0382. The lowest BCUT2D eigenvalue weighted by Crippen LogP contribution is -2.06. The summed E-state index contributed by atoms with van der Waals surface area (Å²) in [7, 11) is 3.09. The third-order valence-electron chi connectivity index (χ3n) is 4.19. The lowest BCUT2D eigenvalue weighted by atomic mass is 10.0. The molecule has 1 aliphatic rings. The molecule has 1 aliphatic heterocycles. The van der Waals surface area contributed by atoms with Gasteiger partial charge in [-0.3, -0.25) is 0 Å². The molecule has 132 valence electrons. The summed E-state index contributed by atoms with van der Waals surface area (Å²) in [6.45, 7) is 0.